The highest BCUT2D eigenvalue weighted by Crippen LogP contribution is 2.37. The van der Waals surface area contributed by atoms with Crippen molar-refractivity contribution in [3.8, 4) is 22.6 Å². The second-order valence-electron chi connectivity index (χ2n) is 6.59. The van der Waals surface area contributed by atoms with Crippen LogP contribution in [0, 0.1) is 17.5 Å². The molecule has 0 aliphatic carbocycles. The number of unbranched alkanes of at least 4 members (excludes halogenated alkanes) is 1. The predicted octanol–water partition coefficient (Wildman–Crippen LogP) is 7.08. The van der Waals surface area contributed by atoms with Crippen molar-refractivity contribution in [1.82, 2.24) is 0 Å². The second kappa shape index (κ2) is 9.15. The zero-order chi connectivity index (χ0) is 21.7. The van der Waals surface area contributed by atoms with E-state index < -0.39 is 29.1 Å². The molecule has 3 aromatic carbocycles. The Morgan fingerprint density at radius 3 is 2.07 bits per heavy atom. The summed E-state index contributed by atoms with van der Waals surface area (Å²) in [6.07, 6.45) is -2.56. The van der Waals surface area contributed by atoms with Gasteiger partial charge >= 0.3 is 6.11 Å². The standard InChI is InChI=1S/C23H19F5O2/c1-2-3-11-29-17-9-10-18(19(24)14-17)15-12-20(25)22(21(26)13-15)23(27,28)30-16-7-5-4-6-8-16/h4-10,12-14H,2-3,11H2,1H3. The molecule has 0 amide bonds. The number of rotatable bonds is 8. The van der Waals surface area contributed by atoms with Crippen molar-refractivity contribution in [2.75, 3.05) is 6.61 Å². The van der Waals surface area contributed by atoms with Crippen LogP contribution in [0.1, 0.15) is 25.3 Å². The first-order chi connectivity index (χ1) is 14.3. The van der Waals surface area contributed by atoms with Gasteiger partial charge in [-0.25, -0.2) is 13.2 Å². The molecule has 30 heavy (non-hydrogen) atoms. The average molecular weight is 422 g/mol. The lowest BCUT2D eigenvalue weighted by molar-refractivity contribution is -0.189. The maximum Gasteiger partial charge on any atom is 0.432 e. The molecule has 2 nitrogen and oxygen atoms in total. The zero-order valence-electron chi connectivity index (χ0n) is 16.1. The maximum absolute atomic E-state index is 14.5. The number of benzene rings is 3. The summed E-state index contributed by atoms with van der Waals surface area (Å²) < 4.78 is 82.0. The molecular weight excluding hydrogens is 403 g/mol. The summed E-state index contributed by atoms with van der Waals surface area (Å²) in [6, 6.07) is 12.0. The number of hydrogen-bond donors (Lipinski definition) is 0. The number of ether oxygens (including phenoxy) is 2. The van der Waals surface area contributed by atoms with E-state index in [4.69, 9.17) is 4.74 Å². The van der Waals surface area contributed by atoms with Gasteiger partial charge in [0.05, 0.1) is 6.61 Å². The fraction of sp³-hybridized carbons (Fsp3) is 0.217. The molecule has 0 bridgehead atoms. The van der Waals surface area contributed by atoms with Crippen molar-refractivity contribution in [3.63, 3.8) is 0 Å². The lowest BCUT2D eigenvalue weighted by Gasteiger charge is -2.20. The SMILES string of the molecule is CCCCOc1ccc(-c2cc(F)c(C(F)(F)Oc3ccccc3)c(F)c2)c(F)c1. The molecule has 0 fully saturated rings. The summed E-state index contributed by atoms with van der Waals surface area (Å²) in [6.45, 7) is 2.39. The molecule has 0 saturated heterocycles. The van der Waals surface area contributed by atoms with Gasteiger partial charge in [0.1, 0.15) is 34.5 Å². The second-order valence-corrected chi connectivity index (χ2v) is 6.59. The summed E-state index contributed by atoms with van der Waals surface area (Å²) >= 11 is 0. The minimum Gasteiger partial charge on any atom is -0.493 e. The maximum atomic E-state index is 14.5. The van der Waals surface area contributed by atoms with Gasteiger partial charge in [0.15, 0.2) is 0 Å². The molecule has 0 atom stereocenters. The van der Waals surface area contributed by atoms with E-state index in [9.17, 15) is 22.0 Å². The van der Waals surface area contributed by atoms with Gasteiger partial charge in [-0.05, 0) is 48.4 Å². The first kappa shape index (κ1) is 21.6. The van der Waals surface area contributed by atoms with Gasteiger partial charge in [0.2, 0.25) is 0 Å². The smallest absolute Gasteiger partial charge is 0.432 e. The third-order valence-electron chi connectivity index (χ3n) is 4.34. The van der Waals surface area contributed by atoms with Crippen LogP contribution in [0.3, 0.4) is 0 Å². The van der Waals surface area contributed by atoms with Crippen molar-refractivity contribution in [1.29, 1.82) is 0 Å². The van der Waals surface area contributed by atoms with Crippen LogP contribution < -0.4 is 9.47 Å². The van der Waals surface area contributed by atoms with Gasteiger partial charge < -0.3 is 9.47 Å². The predicted molar refractivity (Wildman–Crippen MR) is 103 cm³/mol. The number of halogens is 5. The lowest BCUT2D eigenvalue weighted by Crippen LogP contribution is -2.25. The Labute approximate surface area is 170 Å². The quantitative estimate of drug-likeness (QED) is 0.285. The molecule has 0 aromatic heterocycles. The zero-order valence-corrected chi connectivity index (χ0v) is 16.1. The van der Waals surface area contributed by atoms with Crippen molar-refractivity contribution < 1.29 is 31.4 Å². The summed E-state index contributed by atoms with van der Waals surface area (Å²) in [5.74, 6) is -3.87. The fourth-order valence-electron chi connectivity index (χ4n) is 2.85. The summed E-state index contributed by atoms with van der Waals surface area (Å²) in [5.41, 5.74) is -1.91. The molecule has 0 aliphatic heterocycles. The Balaban J connectivity index is 1.89. The van der Waals surface area contributed by atoms with Gasteiger partial charge in [-0.1, -0.05) is 31.5 Å². The van der Waals surface area contributed by atoms with E-state index in [1.165, 1.54) is 36.4 Å². The van der Waals surface area contributed by atoms with Crippen LogP contribution in [0.5, 0.6) is 11.5 Å². The minimum atomic E-state index is -4.26. The Morgan fingerprint density at radius 2 is 1.47 bits per heavy atom. The first-order valence-corrected chi connectivity index (χ1v) is 9.36. The molecular formula is C23H19F5O2. The Hall–Kier alpha value is -3.09. The van der Waals surface area contributed by atoms with Crippen LogP contribution in [0.2, 0.25) is 0 Å². The van der Waals surface area contributed by atoms with Crippen LogP contribution in [0.25, 0.3) is 11.1 Å². The normalized spacial score (nSPS) is 11.4. The fourth-order valence-corrected chi connectivity index (χ4v) is 2.85. The molecule has 0 unspecified atom stereocenters. The summed E-state index contributed by atoms with van der Waals surface area (Å²) in [7, 11) is 0. The van der Waals surface area contributed by atoms with E-state index in [0.717, 1.165) is 18.9 Å². The lowest BCUT2D eigenvalue weighted by atomic mass is 10.0. The first-order valence-electron chi connectivity index (χ1n) is 9.36. The molecule has 3 rings (SSSR count). The molecule has 0 radical (unpaired) electrons. The molecule has 0 heterocycles. The van der Waals surface area contributed by atoms with Crippen LogP contribution in [-0.2, 0) is 6.11 Å². The van der Waals surface area contributed by atoms with E-state index >= 15 is 0 Å². The highest BCUT2D eigenvalue weighted by atomic mass is 19.3. The van der Waals surface area contributed by atoms with Crippen molar-refractivity contribution in [2.45, 2.75) is 25.9 Å². The van der Waals surface area contributed by atoms with E-state index in [2.05, 4.69) is 4.74 Å². The third-order valence-corrected chi connectivity index (χ3v) is 4.34. The number of hydrogen-bond acceptors (Lipinski definition) is 2. The topological polar surface area (TPSA) is 18.5 Å². The van der Waals surface area contributed by atoms with Crippen molar-refractivity contribution >= 4 is 0 Å². The van der Waals surface area contributed by atoms with Crippen LogP contribution in [0.15, 0.2) is 60.7 Å². The Kier molecular flexibility index (Phi) is 6.59. The van der Waals surface area contributed by atoms with Gasteiger partial charge in [0.25, 0.3) is 0 Å². The highest BCUT2D eigenvalue weighted by molar-refractivity contribution is 5.66. The third kappa shape index (κ3) is 4.90. The van der Waals surface area contributed by atoms with Crippen molar-refractivity contribution in [3.05, 3.63) is 83.7 Å². The van der Waals surface area contributed by atoms with Crippen LogP contribution >= 0.6 is 0 Å². The minimum absolute atomic E-state index is 0.144. The van der Waals surface area contributed by atoms with Gasteiger partial charge in [-0.3, -0.25) is 0 Å². The van der Waals surface area contributed by atoms with E-state index in [0.29, 0.717) is 18.7 Å². The highest BCUT2D eigenvalue weighted by Gasteiger charge is 2.41. The summed E-state index contributed by atoms with van der Waals surface area (Å²) in [4.78, 5) is 0. The average Bonchev–Trinajstić information content (AvgIpc) is 2.68. The molecule has 0 spiro atoms. The molecule has 158 valence electrons. The molecule has 0 aliphatic rings. The van der Waals surface area contributed by atoms with E-state index in [1.54, 1.807) is 6.07 Å². The Bertz CT molecular complexity index is 983. The van der Waals surface area contributed by atoms with Crippen LogP contribution in [-0.4, -0.2) is 6.61 Å². The van der Waals surface area contributed by atoms with Gasteiger partial charge in [-0.2, -0.15) is 8.78 Å². The molecule has 3 aromatic rings. The summed E-state index contributed by atoms with van der Waals surface area (Å²) in [5, 5.41) is 0. The number of alkyl halides is 2. The van der Waals surface area contributed by atoms with E-state index in [-0.39, 0.29) is 22.6 Å². The largest absolute Gasteiger partial charge is 0.493 e. The molecule has 0 saturated carbocycles. The molecule has 0 N–H and O–H groups in total. The Morgan fingerprint density at radius 1 is 0.800 bits per heavy atom. The van der Waals surface area contributed by atoms with Gasteiger partial charge in [-0.15, -0.1) is 0 Å². The number of para-hydroxylation sites is 1. The monoisotopic (exact) mass is 422 g/mol. The molecule has 7 heteroatoms. The van der Waals surface area contributed by atoms with E-state index in [1.807, 2.05) is 6.92 Å². The van der Waals surface area contributed by atoms with Crippen LogP contribution in [0.4, 0.5) is 22.0 Å². The van der Waals surface area contributed by atoms with Gasteiger partial charge in [0, 0.05) is 11.6 Å². The van der Waals surface area contributed by atoms with Crippen molar-refractivity contribution in [2.24, 2.45) is 0 Å².